The Hall–Kier alpha value is -1.88. The molecule has 0 amide bonds. The van der Waals surface area contributed by atoms with Crippen molar-refractivity contribution in [3.05, 3.63) is 42.0 Å². The Morgan fingerprint density at radius 2 is 2.10 bits per heavy atom. The van der Waals surface area contributed by atoms with Gasteiger partial charge in [0, 0.05) is 18.3 Å². The molecule has 0 aliphatic rings. The number of anilines is 1. The van der Waals surface area contributed by atoms with Crippen molar-refractivity contribution in [1.29, 1.82) is 0 Å². The smallest absolute Gasteiger partial charge is 0.181 e. The van der Waals surface area contributed by atoms with Crippen LogP contribution in [0.1, 0.15) is 44.0 Å². The third-order valence-corrected chi connectivity index (χ3v) is 4.97. The van der Waals surface area contributed by atoms with Crippen molar-refractivity contribution in [1.82, 2.24) is 15.0 Å². The lowest BCUT2D eigenvalue weighted by Crippen LogP contribution is -2.14. The molecular formula is C16H20N4S. The maximum Gasteiger partial charge on any atom is 0.181 e. The molecule has 3 N–H and O–H groups in total. The molecule has 0 radical (unpaired) electrons. The van der Waals surface area contributed by atoms with E-state index in [-0.39, 0.29) is 0 Å². The maximum absolute atomic E-state index is 5.81. The Morgan fingerprint density at radius 3 is 2.76 bits per heavy atom. The third-order valence-electron chi connectivity index (χ3n) is 4.12. The first-order chi connectivity index (χ1) is 10.2. The fraction of sp³-hybridized carbons (Fsp3) is 0.375. The van der Waals surface area contributed by atoms with E-state index in [1.807, 2.05) is 12.4 Å². The number of nitrogens with one attached hydrogen (secondary N) is 1. The van der Waals surface area contributed by atoms with E-state index in [0.29, 0.717) is 17.0 Å². The molecule has 0 fully saturated rings. The van der Waals surface area contributed by atoms with E-state index < -0.39 is 0 Å². The molecule has 4 nitrogen and oxygen atoms in total. The van der Waals surface area contributed by atoms with Crippen molar-refractivity contribution >= 4 is 26.7 Å². The van der Waals surface area contributed by atoms with E-state index in [0.717, 1.165) is 28.9 Å². The van der Waals surface area contributed by atoms with Gasteiger partial charge in [-0.3, -0.25) is 0 Å². The molecule has 5 heteroatoms. The number of H-pyrrole nitrogens is 1. The molecule has 3 rings (SSSR count). The molecule has 1 unspecified atom stereocenters. The van der Waals surface area contributed by atoms with Crippen LogP contribution in [0.15, 0.2) is 30.6 Å². The predicted octanol–water partition coefficient (Wildman–Crippen LogP) is 4.17. The van der Waals surface area contributed by atoms with Crippen molar-refractivity contribution in [3.63, 3.8) is 0 Å². The van der Waals surface area contributed by atoms with Crippen LogP contribution in [0.25, 0.3) is 10.2 Å². The van der Waals surface area contributed by atoms with Gasteiger partial charge in [-0.2, -0.15) is 0 Å². The van der Waals surface area contributed by atoms with Crippen molar-refractivity contribution < 1.29 is 0 Å². The highest BCUT2D eigenvalue weighted by atomic mass is 32.1. The number of benzene rings is 1. The highest BCUT2D eigenvalue weighted by Gasteiger charge is 2.25. The topological polar surface area (TPSA) is 67.6 Å². The second-order valence-electron chi connectivity index (χ2n) is 5.31. The molecule has 2 heterocycles. The van der Waals surface area contributed by atoms with Gasteiger partial charge in [-0.1, -0.05) is 44.1 Å². The van der Waals surface area contributed by atoms with Gasteiger partial charge < -0.3 is 10.7 Å². The number of hydrogen-bond acceptors (Lipinski definition) is 4. The van der Waals surface area contributed by atoms with Crippen LogP contribution in [0.5, 0.6) is 0 Å². The molecule has 0 aliphatic carbocycles. The minimum absolute atomic E-state index is 0.294. The van der Waals surface area contributed by atoms with Crippen LogP contribution in [0, 0.1) is 5.92 Å². The second kappa shape index (κ2) is 5.85. The molecule has 1 atom stereocenters. The highest BCUT2D eigenvalue weighted by molar-refractivity contribution is 7.22. The van der Waals surface area contributed by atoms with E-state index in [4.69, 9.17) is 5.73 Å². The summed E-state index contributed by atoms with van der Waals surface area (Å²) >= 11 is 1.54. The fourth-order valence-electron chi connectivity index (χ4n) is 3.01. The first-order valence-corrected chi connectivity index (χ1v) is 8.19. The summed E-state index contributed by atoms with van der Waals surface area (Å²) < 4.78 is 1.15. The lowest BCUT2D eigenvalue weighted by atomic mass is 9.82. The standard InChI is InChI=1S/C16H20N4S/c1-3-10(4-2)14(15-18-7-8-19-15)11-5-6-12-13(9-11)21-16(17)20-12/h5-10,14H,3-4H2,1-2H3,(H2,17,20)(H,18,19). The molecule has 1 aromatic carbocycles. The summed E-state index contributed by atoms with van der Waals surface area (Å²) in [5.41, 5.74) is 8.08. The van der Waals surface area contributed by atoms with E-state index in [1.54, 1.807) is 11.3 Å². The molecule has 110 valence electrons. The predicted molar refractivity (Wildman–Crippen MR) is 88.5 cm³/mol. The first-order valence-electron chi connectivity index (χ1n) is 7.38. The van der Waals surface area contributed by atoms with Gasteiger partial charge in [-0.05, 0) is 23.6 Å². The summed E-state index contributed by atoms with van der Waals surface area (Å²) in [6, 6.07) is 6.44. The summed E-state index contributed by atoms with van der Waals surface area (Å²) in [4.78, 5) is 12.1. The van der Waals surface area contributed by atoms with Crippen LogP contribution in [0.4, 0.5) is 5.13 Å². The normalized spacial score (nSPS) is 13.1. The van der Waals surface area contributed by atoms with Gasteiger partial charge in [-0.25, -0.2) is 9.97 Å². The van der Waals surface area contributed by atoms with Crippen LogP contribution in [-0.2, 0) is 0 Å². The molecule has 3 aromatic rings. The fourth-order valence-corrected chi connectivity index (χ4v) is 3.80. The molecule has 0 aliphatic heterocycles. The molecule has 0 spiro atoms. The minimum Gasteiger partial charge on any atom is -0.375 e. The quantitative estimate of drug-likeness (QED) is 0.743. The Balaban J connectivity index is 2.08. The number of nitrogens with two attached hydrogens (primary N) is 1. The van der Waals surface area contributed by atoms with E-state index in [2.05, 4.69) is 47.0 Å². The minimum atomic E-state index is 0.294. The maximum atomic E-state index is 5.81. The molecule has 0 bridgehead atoms. The van der Waals surface area contributed by atoms with Gasteiger partial charge >= 0.3 is 0 Å². The lowest BCUT2D eigenvalue weighted by Gasteiger charge is -2.24. The van der Waals surface area contributed by atoms with Crippen molar-refractivity contribution in [3.8, 4) is 0 Å². The summed E-state index contributed by atoms with van der Waals surface area (Å²) in [5, 5.41) is 0.624. The molecule has 2 aromatic heterocycles. The van der Waals surface area contributed by atoms with Crippen LogP contribution in [0.2, 0.25) is 0 Å². The van der Waals surface area contributed by atoms with Gasteiger partial charge in [0.15, 0.2) is 5.13 Å². The van der Waals surface area contributed by atoms with Crippen molar-refractivity contribution in [2.75, 3.05) is 5.73 Å². The third kappa shape index (κ3) is 2.65. The second-order valence-corrected chi connectivity index (χ2v) is 6.37. The number of aromatic nitrogens is 3. The SMILES string of the molecule is CCC(CC)C(c1ccc2nc(N)sc2c1)c1ncc[nH]1. The zero-order valence-electron chi connectivity index (χ0n) is 12.3. The summed E-state index contributed by atoms with van der Waals surface area (Å²) in [6.07, 6.45) is 5.98. The van der Waals surface area contributed by atoms with Gasteiger partial charge in [0.1, 0.15) is 5.82 Å². The Bertz CT molecular complexity index is 713. The molecule has 21 heavy (non-hydrogen) atoms. The van der Waals surface area contributed by atoms with Gasteiger partial charge in [-0.15, -0.1) is 0 Å². The van der Waals surface area contributed by atoms with Gasteiger partial charge in [0.2, 0.25) is 0 Å². The average Bonchev–Trinajstić information content (AvgIpc) is 3.11. The molecular weight excluding hydrogens is 280 g/mol. The number of imidazole rings is 1. The highest BCUT2D eigenvalue weighted by Crippen LogP contribution is 2.36. The van der Waals surface area contributed by atoms with Crippen molar-refractivity contribution in [2.45, 2.75) is 32.6 Å². The van der Waals surface area contributed by atoms with Crippen LogP contribution < -0.4 is 5.73 Å². The number of thiazole rings is 1. The van der Waals surface area contributed by atoms with E-state index >= 15 is 0 Å². The van der Waals surface area contributed by atoms with Crippen LogP contribution >= 0.6 is 11.3 Å². The van der Waals surface area contributed by atoms with Crippen LogP contribution in [-0.4, -0.2) is 15.0 Å². The van der Waals surface area contributed by atoms with Crippen LogP contribution in [0.3, 0.4) is 0 Å². The summed E-state index contributed by atoms with van der Waals surface area (Å²) in [5.74, 6) is 1.90. The lowest BCUT2D eigenvalue weighted by molar-refractivity contribution is 0.427. The van der Waals surface area contributed by atoms with Crippen molar-refractivity contribution in [2.24, 2.45) is 5.92 Å². The largest absolute Gasteiger partial charge is 0.375 e. The zero-order valence-corrected chi connectivity index (χ0v) is 13.2. The number of fused-ring (bicyclic) bond motifs is 1. The van der Waals surface area contributed by atoms with E-state index in [9.17, 15) is 0 Å². The Kier molecular flexibility index (Phi) is 3.92. The monoisotopic (exact) mass is 300 g/mol. The van der Waals surface area contributed by atoms with E-state index in [1.165, 1.54) is 5.56 Å². The summed E-state index contributed by atoms with van der Waals surface area (Å²) in [6.45, 7) is 4.49. The first kappa shape index (κ1) is 14.1. The average molecular weight is 300 g/mol. The Labute approximate surface area is 128 Å². The zero-order chi connectivity index (χ0) is 14.8. The summed E-state index contributed by atoms with van der Waals surface area (Å²) in [7, 11) is 0. The number of aromatic amines is 1. The number of nitrogen functional groups attached to an aromatic ring is 1. The molecule has 0 saturated heterocycles. The Morgan fingerprint density at radius 1 is 1.29 bits per heavy atom. The number of nitrogens with zero attached hydrogens (tertiary/aromatic N) is 2. The van der Waals surface area contributed by atoms with Gasteiger partial charge in [0.25, 0.3) is 0 Å². The van der Waals surface area contributed by atoms with Gasteiger partial charge in [0.05, 0.1) is 10.2 Å². The number of hydrogen-bond donors (Lipinski definition) is 2. The number of rotatable bonds is 5. The molecule has 0 saturated carbocycles.